The zero-order chi connectivity index (χ0) is 41.1. The molecule has 9 nitrogen and oxygen atoms in total. The Hall–Kier alpha value is -3.59. The van der Waals surface area contributed by atoms with Crippen LogP contribution in [0.2, 0.25) is 0 Å². The molecule has 1 N–H and O–H groups in total. The first-order chi connectivity index (χ1) is 26.9. The van der Waals surface area contributed by atoms with E-state index in [1.807, 2.05) is 63.7 Å². The number of rotatable bonds is 11. The fraction of sp³-hybridized carbons (Fsp3) is 0.688. The third-order valence-corrected chi connectivity index (χ3v) is 17.3. The molecule has 2 amide bonds. The van der Waals surface area contributed by atoms with Gasteiger partial charge in [-0.15, -0.1) is 5.10 Å². The highest BCUT2D eigenvalue weighted by atomic mass is 16.2. The molecule has 0 radical (unpaired) electrons. The number of hydrogen-bond acceptors (Lipinski definition) is 6. The standard InChI is InChI=1S/C48H70N6O3/c1-32(2)36-18-23-48(25-24-46(6)37(41(36)48)16-17-39-45(5)21-20-40(55)44(3,4)38(45)19-22-47(39,46)7)43(57)49-29-35-31-54(51-50-35)30-34(28-33-14-12-11-13-15-33)42(56)53(10)27-26-52(8)9/h11-15,28,31,36-39,41H,1,16-27,29-30H2,2-10H3,(H,49,57)/b34-28+/t36-,37+,38-,39+,41+,45-,46+,47+,48-/m0/s1. The Balaban J connectivity index is 1.09. The maximum Gasteiger partial charge on any atom is 0.251 e. The predicted molar refractivity (Wildman–Crippen MR) is 226 cm³/mol. The number of Topliss-reactive ketones (excluding diaryl/α,β-unsaturated/α-hetero) is 1. The molecule has 310 valence electrons. The predicted octanol–water partition coefficient (Wildman–Crippen LogP) is 8.22. The van der Waals surface area contributed by atoms with Crippen molar-refractivity contribution in [2.75, 3.05) is 34.2 Å². The monoisotopic (exact) mass is 779 g/mol. The largest absolute Gasteiger partial charge is 0.350 e. The van der Waals surface area contributed by atoms with Gasteiger partial charge in [0.05, 0.1) is 24.7 Å². The summed E-state index contributed by atoms with van der Waals surface area (Å²) < 4.78 is 1.71. The van der Waals surface area contributed by atoms with Crippen molar-refractivity contribution in [2.45, 2.75) is 119 Å². The van der Waals surface area contributed by atoms with Gasteiger partial charge in [0.25, 0.3) is 5.91 Å². The minimum absolute atomic E-state index is 0.0449. The van der Waals surface area contributed by atoms with Crippen LogP contribution in [0, 0.1) is 56.7 Å². The van der Waals surface area contributed by atoms with Crippen molar-refractivity contribution in [1.82, 2.24) is 30.1 Å². The molecule has 2 aromatic rings. The van der Waals surface area contributed by atoms with Crippen LogP contribution in [-0.4, -0.2) is 76.6 Å². The number of fused-ring (bicyclic) bond motifs is 7. The van der Waals surface area contributed by atoms with Gasteiger partial charge in [0, 0.05) is 37.5 Å². The lowest BCUT2D eigenvalue weighted by Crippen LogP contribution is -2.67. The highest BCUT2D eigenvalue weighted by Gasteiger charge is 2.71. The highest BCUT2D eigenvalue weighted by Crippen LogP contribution is 2.77. The van der Waals surface area contributed by atoms with Crippen molar-refractivity contribution in [1.29, 1.82) is 0 Å². The van der Waals surface area contributed by atoms with E-state index in [2.05, 4.69) is 68.7 Å². The third kappa shape index (κ3) is 6.95. The fourth-order valence-electron chi connectivity index (χ4n) is 14.0. The number of ketones is 1. The van der Waals surface area contributed by atoms with Gasteiger partial charge in [-0.1, -0.05) is 82.3 Å². The number of carbonyl (C=O) groups is 3. The van der Waals surface area contributed by atoms with Crippen LogP contribution in [0.25, 0.3) is 6.08 Å². The van der Waals surface area contributed by atoms with E-state index in [1.165, 1.54) is 18.4 Å². The molecular weight excluding hydrogens is 709 g/mol. The first kappa shape index (κ1) is 41.6. The molecule has 9 atom stereocenters. The number of nitrogens with zero attached hydrogens (tertiary/aromatic N) is 5. The first-order valence-electron chi connectivity index (χ1n) is 21.9. The molecule has 9 heteroatoms. The molecule has 1 heterocycles. The van der Waals surface area contributed by atoms with Crippen molar-refractivity contribution < 1.29 is 14.4 Å². The van der Waals surface area contributed by atoms with Crippen molar-refractivity contribution >= 4 is 23.7 Å². The quantitative estimate of drug-likeness (QED) is 0.182. The van der Waals surface area contributed by atoms with E-state index < -0.39 is 5.41 Å². The number of carbonyl (C=O) groups excluding carboxylic acids is 3. The Labute approximate surface area is 342 Å². The minimum Gasteiger partial charge on any atom is -0.350 e. The molecule has 0 unspecified atom stereocenters. The van der Waals surface area contributed by atoms with E-state index in [1.54, 1.807) is 9.58 Å². The van der Waals surface area contributed by atoms with Gasteiger partial charge in [-0.25, -0.2) is 4.68 Å². The number of nitrogens with one attached hydrogen (secondary N) is 1. The summed E-state index contributed by atoms with van der Waals surface area (Å²) in [4.78, 5) is 45.5. The number of amides is 2. The topological polar surface area (TPSA) is 100 Å². The molecule has 5 aliphatic carbocycles. The van der Waals surface area contributed by atoms with E-state index in [4.69, 9.17) is 0 Å². The summed E-state index contributed by atoms with van der Waals surface area (Å²) in [7, 11) is 5.85. The summed E-state index contributed by atoms with van der Waals surface area (Å²) >= 11 is 0. The van der Waals surface area contributed by atoms with Crippen LogP contribution in [-0.2, 0) is 27.5 Å². The van der Waals surface area contributed by atoms with Crippen LogP contribution >= 0.6 is 0 Å². The van der Waals surface area contributed by atoms with E-state index in [-0.39, 0.29) is 45.9 Å². The van der Waals surface area contributed by atoms with Crippen LogP contribution in [0.1, 0.15) is 117 Å². The van der Waals surface area contributed by atoms with Crippen molar-refractivity contribution in [2.24, 2.45) is 56.7 Å². The van der Waals surface area contributed by atoms with E-state index in [0.29, 0.717) is 60.2 Å². The molecule has 5 saturated carbocycles. The summed E-state index contributed by atoms with van der Waals surface area (Å²) in [6.07, 6.45) is 14.0. The normalized spacial score (nSPS) is 35.8. The molecular formula is C48H70N6O3. The smallest absolute Gasteiger partial charge is 0.251 e. The second kappa shape index (κ2) is 15.2. The summed E-state index contributed by atoms with van der Waals surface area (Å²) in [6.45, 7) is 20.9. The Kier molecular flexibility index (Phi) is 11.1. The van der Waals surface area contributed by atoms with Crippen LogP contribution in [0.3, 0.4) is 0 Å². The summed E-state index contributed by atoms with van der Waals surface area (Å²) in [6, 6.07) is 9.90. The molecule has 1 aromatic carbocycles. The Morgan fingerprint density at radius 2 is 1.65 bits per heavy atom. The van der Waals surface area contributed by atoms with E-state index in [0.717, 1.165) is 57.1 Å². The van der Waals surface area contributed by atoms with Crippen LogP contribution < -0.4 is 5.32 Å². The number of aromatic nitrogens is 3. The summed E-state index contributed by atoms with van der Waals surface area (Å²) in [5.74, 6) is 2.64. The highest BCUT2D eigenvalue weighted by molar-refractivity contribution is 5.97. The van der Waals surface area contributed by atoms with E-state index in [9.17, 15) is 14.4 Å². The molecule has 0 bridgehead atoms. The van der Waals surface area contributed by atoms with Gasteiger partial charge in [-0.05, 0) is 136 Å². The minimum atomic E-state index is -0.428. The third-order valence-electron chi connectivity index (χ3n) is 17.3. The fourth-order valence-corrected chi connectivity index (χ4v) is 14.0. The maximum atomic E-state index is 14.8. The van der Waals surface area contributed by atoms with Crippen molar-refractivity contribution in [3.05, 3.63) is 65.5 Å². The van der Waals surface area contributed by atoms with Gasteiger partial charge in [-0.2, -0.15) is 0 Å². The molecule has 1 aromatic heterocycles. The zero-order valence-electron chi connectivity index (χ0n) is 36.5. The average molecular weight is 779 g/mol. The van der Waals surface area contributed by atoms with Gasteiger partial charge >= 0.3 is 0 Å². The van der Waals surface area contributed by atoms with Crippen LogP contribution in [0.5, 0.6) is 0 Å². The molecule has 5 aliphatic rings. The number of likely N-dealkylation sites (N-methyl/N-ethyl adjacent to an activating group) is 2. The molecule has 0 spiro atoms. The SMILES string of the molecule is C=C(C)[C@@H]1CC[C@]2(C(=O)NCc3cn(C/C(=C\c4ccccc4)C(=O)N(C)CCN(C)C)nn3)CC[C@]3(C)[C@H](CC[C@@H]4[C@@]5(C)CCC(=O)C(C)(C)[C@@H]5CC[C@]43C)[C@@H]12. The Morgan fingerprint density at radius 1 is 0.912 bits per heavy atom. The summed E-state index contributed by atoms with van der Waals surface area (Å²) in [5.41, 5.74) is 3.25. The number of hydrogen-bond donors (Lipinski definition) is 1. The Morgan fingerprint density at radius 3 is 2.35 bits per heavy atom. The zero-order valence-corrected chi connectivity index (χ0v) is 36.5. The van der Waals surface area contributed by atoms with Gasteiger partial charge < -0.3 is 15.1 Å². The number of allylic oxidation sites excluding steroid dienone is 1. The van der Waals surface area contributed by atoms with Crippen molar-refractivity contribution in [3.63, 3.8) is 0 Å². The number of benzene rings is 1. The van der Waals surface area contributed by atoms with Crippen LogP contribution in [0.15, 0.2) is 54.3 Å². The van der Waals surface area contributed by atoms with Gasteiger partial charge in [-0.3, -0.25) is 14.4 Å². The van der Waals surface area contributed by atoms with E-state index >= 15 is 0 Å². The second-order valence-electron chi connectivity index (χ2n) is 20.7. The average Bonchev–Trinajstić information content (AvgIpc) is 3.80. The lowest BCUT2D eigenvalue weighted by atomic mass is 9.32. The lowest BCUT2D eigenvalue weighted by Gasteiger charge is -2.72. The second-order valence-corrected chi connectivity index (χ2v) is 20.7. The van der Waals surface area contributed by atoms with Crippen LogP contribution in [0.4, 0.5) is 0 Å². The first-order valence-corrected chi connectivity index (χ1v) is 21.9. The Bertz CT molecular complexity index is 1900. The van der Waals surface area contributed by atoms with Crippen molar-refractivity contribution in [3.8, 4) is 0 Å². The molecule has 0 aliphatic heterocycles. The van der Waals surface area contributed by atoms with Gasteiger partial charge in [0.1, 0.15) is 11.5 Å². The summed E-state index contributed by atoms with van der Waals surface area (Å²) in [5, 5.41) is 12.3. The van der Waals surface area contributed by atoms with Gasteiger partial charge in [0.2, 0.25) is 5.91 Å². The molecule has 0 saturated heterocycles. The maximum absolute atomic E-state index is 14.8. The molecule has 5 fully saturated rings. The van der Waals surface area contributed by atoms with Gasteiger partial charge in [0.15, 0.2) is 0 Å². The molecule has 57 heavy (non-hydrogen) atoms. The molecule has 7 rings (SSSR count). The lowest BCUT2D eigenvalue weighted by molar-refractivity contribution is -0.233.